The van der Waals surface area contributed by atoms with Gasteiger partial charge >= 0.3 is 5.97 Å². The van der Waals surface area contributed by atoms with Crippen molar-refractivity contribution in [2.24, 2.45) is 0 Å². The molecule has 1 aromatic heterocycles. The number of nitrogens with zero attached hydrogens (tertiary/aromatic N) is 1. The van der Waals surface area contributed by atoms with E-state index in [2.05, 4.69) is 24.0 Å². The molecule has 0 amide bonds. The molecule has 0 aliphatic carbocycles. The van der Waals surface area contributed by atoms with E-state index < -0.39 is 11.6 Å². The molecule has 0 fully saturated rings. The normalized spacial score (nSPS) is 11.2. The Morgan fingerprint density at radius 3 is 2.30 bits per heavy atom. The lowest BCUT2D eigenvalue weighted by Gasteiger charge is -2.19. The highest BCUT2D eigenvalue weighted by Crippen LogP contribution is 2.24. The molecule has 4 heteroatoms. The van der Waals surface area contributed by atoms with Crippen LogP contribution < -0.4 is 4.74 Å². The Balaban J connectivity index is 2.40. The first-order chi connectivity index (χ1) is 10.8. The summed E-state index contributed by atoms with van der Waals surface area (Å²) in [7, 11) is 1.57. The second-order valence-corrected chi connectivity index (χ2v) is 6.33. The van der Waals surface area contributed by atoms with Crippen molar-refractivity contribution in [1.82, 2.24) is 4.98 Å². The molecule has 0 atom stereocenters. The quantitative estimate of drug-likeness (QED) is 0.791. The predicted octanol–water partition coefficient (Wildman–Crippen LogP) is 4.27. The van der Waals surface area contributed by atoms with Gasteiger partial charge in [0.05, 0.1) is 12.8 Å². The van der Waals surface area contributed by atoms with Crippen LogP contribution in [-0.2, 0) is 11.2 Å². The Kier molecular flexibility index (Phi) is 5.04. The summed E-state index contributed by atoms with van der Waals surface area (Å²) in [6.45, 7) is 7.60. The monoisotopic (exact) mass is 313 g/mol. The van der Waals surface area contributed by atoms with Crippen molar-refractivity contribution in [2.75, 3.05) is 7.11 Å². The third-order valence-electron chi connectivity index (χ3n) is 3.30. The Bertz CT molecular complexity index is 685. The standard InChI is InChI=1S/C19H23NO3/c1-6-13-7-9-14(10-8-13)16-11-15(22-5)12-17(20-16)18(21)23-19(2,3)4/h7-12H,6H2,1-5H3. The summed E-state index contributed by atoms with van der Waals surface area (Å²) in [4.78, 5) is 16.7. The molecule has 1 heterocycles. The molecule has 0 aliphatic heterocycles. The summed E-state index contributed by atoms with van der Waals surface area (Å²) >= 11 is 0. The van der Waals surface area contributed by atoms with E-state index >= 15 is 0 Å². The molecule has 0 aliphatic rings. The largest absolute Gasteiger partial charge is 0.497 e. The molecule has 2 rings (SSSR count). The third-order valence-corrected chi connectivity index (χ3v) is 3.30. The van der Waals surface area contributed by atoms with Gasteiger partial charge in [-0.05, 0) is 32.8 Å². The molecular formula is C19H23NO3. The zero-order chi connectivity index (χ0) is 17.0. The Labute approximate surface area is 137 Å². The number of benzene rings is 1. The molecule has 23 heavy (non-hydrogen) atoms. The highest BCUT2D eigenvalue weighted by molar-refractivity contribution is 5.89. The van der Waals surface area contributed by atoms with E-state index in [4.69, 9.17) is 9.47 Å². The number of methoxy groups -OCH3 is 1. The van der Waals surface area contributed by atoms with Crippen molar-refractivity contribution in [1.29, 1.82) is 0 Å². The average molecular weight is 313 g/mol. The first kappa shape index (κ1) is 17.0. The van der Waals surface area contributed by atoms with Crippen molar-refractivity contribution in [3.63, 3.8) is 0 Å². The number of ether oxygens (including phenoxy) is 2. The van der Waals surface area contributed by atoms with Crippen LogP contribution in [0.5, 0.6) is 5.75 Å². The van der Waals surface area contributed by atoms with Gasteiger partial charge < -0.3 is 9.47 Å². The SMILES string of the molecule is CCc1ccc(-c2cc(OC)cc(C(=O)OC(C)(C)C)n2)cc1. The van der Waals surface area contributed by atoms with E-state index in [1.807, 2.05) is 39.0 Å². The highest BCUT2D eigenvalue weighted by Gasteiger charge is 2.20. The minimum Gasteiger partial charge on any atom is -0.497 e. The molecule has 1 aromatic carbocycles. The molecule has 4 nitrogen and oxygen atoms in total. The molecule has 0 saturated carbocycles. The van der Waals surface area contributed by atoms with E-state index in [1.165, 1.54) is 5.56 Å². The maximum atomic E-state index is 12.3. The van der Waals surface area contributed by atoms with Crippen LogP contribution in [-0.4, -0.2) is 23.7 Å². The molecule has 2 aromatic rings. The number of hydrogen-bond donors (Lipinski definition) is 0. The fourth-order valence-corrected chi connectivity index (χ4v) is 2.12. The lowest BCUT2D eigenvalue weighted by Crippen LogP contribution is -2.24. The molecule has 0 N–H and O–H groups in total. The zero-order valence-corrected chi connectivity index (χ0v) is 14.3. The van der Waals surface area contributed by atoms with Gasteiger partial charge in [0.2, 0.25) is 0 Å². The number of pyridine rings is 1. The molecule has 0 spiro atoms. The lowest BCUT2D eigenvalue weighted by atomic mass is 10.1. The van der Waals surface area contributed by atoms with Gasteiger partial charge in [-0.3, -0.25) is 0 Å². The lowest BCUT2D eigenvalue weighted by molar-refractivity contribution is 0.00626. The van der Waals surface area contributed by atoms with Crippen LogP contribution in [0.25, 0.3) is 11.3 Å². The van der Waals surface area contributed by atoms with Crippen LogP contribution >= 0.6 is 0 Å². The maximum Gasteiger partial charge on any atom is 0.357 e. The molecule has 0 radical (unpaired) electrons. The molecule has 0 bridgehead atoms. The van der Waals surface area contributed by atoms with Crippen LogP contribution in [0, 0.1) is 0 Å². The number of aryl methyl sites for hydroxylation is 1. The van der Waals surface area contributed by atoms with E-state index in [1.54, 1.807) is 13.2 Å². The first-order valence-corrected chi connectivity index (χ1v) is 7.71. The maximum absolute atomic E-state index is 12.3. The summed E-state index contributed by atoms with van der Waals surface area (Å²) in [5.41, 5.74) is 2.56. The fourth-order valence-electron chi connectivity index (χ4n) is 2.12. The van der Waals surface area contributed by atoms with Crippen LogP contribution in [0.4, 0.5) is 0 Å². The van der Waals surface area contributed by atoms with E-state index in [-0.39, 0.29) is 5.69 Å². The summed E-state index contributed by atoms with van der Waals surface area (Å²) in [6, 6.07) is 11.5. The first-order valence-electron chi connectivity index (χ1n) is 7.71. The Morgan fingerprint density at radius 1 is 1.13 bits per heavy atom. The smallest absolute Gasteiger partial charge is 0.357 e. The van der Waals surface area contributed by atoms with Crippen molar-refractivity contribution in [3.8, 4) is 17.0 Å². The minimum atomic E-state index is -0.565. The van der Waals surface area contributed by atoms with Gasteiger partial charge in [-0.2, -0.15) is 0 Å². The Hall–Kier alpha value is -2.36. The van der Waals surface area contributed by atoms with Gasteiger partial charge in [0.25, 0.3) is 0 Å². The number of rotatable bonds is 4. The van der Waals surface area contributed by atoms with Gasteiger partial charge in [-0.15, -0.1) is 0 Å². The van der Waals surface area contributed by atoms with Crippen molar-refractivity contribution in [2.45, 2.75) is 39.7 Å². The minimum absolute atomic E-state index is 0.244. The van der Waals surface area contributed by atoms with Crippen molar-refractivity contribution in [3.05, 3.63) is 47.7 Å². The van der Waals surface area contributed by atoms with Crippen molar-refractivity contribution < 1.29 is 14.3 Å². The fraction of sp³-hybridized carbons (Fsp3) is 0.368. The summed E-state index contributed by atoms with van der Waals surface area (Å²) in [6.07, 6.45) is 0.981. The van der Waals surface area contributed by atoms with E-state index in [0.29, 0.717) is 11.4 Å². The second-order valence-electron chi connectivity index (χ2n) is 6.33. The predicted molar refractivity (Wildman–Crippen MR) is 90.8 cm³/mol. The Morgan fingerprint density at radius 2 is 1.78 bits per heavy atom. The second kappa shape index (κ2) is 6.82. The number of hydrogen-bond acceptors (Lipinski definition) is 4. The van der Waals surface area contributed by atoms with Crippen molar-refractivity contribution >= 4 is 5.97 Å². The molecule has 0 saturated heterocycles. The number of esters is 1. The van der Waals surface area contributed by atoms with E-state index in [0.717, 1.165) is 12.0 Å². The summed E-state index contributed by atoms with van der Waals surface area (Å²) < 4.78 is 10.7. The number of carbonyl (C=O) groups excluding carboxylic acids is 1. The van der Waals surface area contributed by atoms with E-state index in [9.17, 15) is 4.79 Å². The van der Waals surface area contributed by atoms with Gasteiger partial charge in [0.15, 0.2) is 5.69 Å². The average Bonchev–Trinajstić information content (AvgIpc) is 2.53. The molecule has 0 unspecified atom stereocenters. The topological polar surface area (TPSA) is 48.4 Å². The van der Waals surface area contributed by atoms with Gasteiger partial charge in [-0.1, -0.05) is 31.2 Å². The van der Waals surface area contributed by atoms with Gasteiger partial charge in [0, 0.05) is 17.7 Å². The van der Waals surface area contributed by atoms with Gasteiger partial charge in [-0.25, -0.2) is 9.78 Å². The van der Waals surface area contributed by atoms with Crippen LogP contribution in [0.1, 0.15) is 43.7 Å². The van der Waals surface area contributed by atoms with Crippen LogP contribution in [0.3, 0.4) is 0 Å². The highest BCUT2D eigenvalue weighted by atomic mass is 16.6. The molecular weight excluding hydrogens is 290 g/mol. The number of carbonyl (C=O) groups is 1. The van der Waals surface area contributed by atoms with Crippen LogP contribution in [0.2, 0.25) is 0 Å². The van der Waals surface area contributed by atoms with Crippen LogP contribution in [0.15, 0.2) is 36.4 Å². The summed E-state index contributed by atoms with van der Waals surface area (Å²) in [5, 5.41) is 0. The summed E-state index contributed by atoms with van der Waals surface area (Å²) in [5.74, 6) is 0.123. The molecule has 122 valence electrons. The number of aromatic nitrogens is 1. The third kappa shape index (κ3) is 4.55. The zero-order valence-electron chi connectivity index (χ0n) is 14.3. The van der Waals surface area contributed by atoms with Gasteiger partial charge in [0.1, 0.15) is 11.4 Å².